The fourth-order valence-corrected chi connectivity index (χ4v) is 1.99. The fourth-order valence-electron chi connectivity index (χ4n) is 1.50. The highest BCUT2D eigenvalue weighted by molar-refractivity contribution is 9.10. The predicted octanol–water partition coefficient (Wildman–Crippen LogP) is 4.08. The molecule has 0 amide bonds. The summed E-state index contributed by atoms with van der Waals surface area (Å²) in [6.45, 7) is 4.97. The molecular weight excluding hydrogens is 268 g/mol. The summed E-state index contributed by atoms with van der Waals surface area (Å²) in [6, 6.07) is 5.48. The Morgan fingerprint density at radius 2 is 2.06 bits per heavy atom. The second-order valence-electron chi connectivity index (χ2n) is 3.77. The first-order valence-electron chi connectivity index (χ1n) is 5.59. The molecule has 3 heteroatoms. The fraction of sp³-hybridized carbons (Fsp3) is 0.462. The quantitative estimate of drug-likeness (QED) is 0.736. The van der Waals surface area contributed by atoms with Gasteiger partial charge in [-0.1, -0.05) is 32.8 Å². The monoisotopic (exact) mass is 284 g/mol. The third-order valence-corrected chi connectivity index (χ3v) is 3.37. The van der Waals surface area contributed by atoms with Gasteiger partial charge < -0.3 is 4.74 Å². The standard InChI is InChI=1S/C13H17BrO2/c1-3-10(4-2)9-16-13-11(8-15)6-5-7-12(13)14/h5-8,10H,3-4,9H2,1-2H3. The predicted molar refractivity (Wildman–Crippen MR) is 69.1 cm³/mol. The molecule has 0 spiro atoms. The van der Waals surface area contributed by atoms with Gasteiger partial charge in [0.25, 0.3) is 0 Å². The van der Waals surface area contributed by atoms with Crippen LogP contribution in [0.5, 0.6) is 5.75 Å². The summed E-state index contributed by atoms with van der Waals surface area (Å²) >= 11 is 3.40. The van der Waals surface area contributed by atoms with Crippen molar-refractivity contribution in [1.29, 1.82) is 0 Å². The van der Waals surface area contributed by atoms with Crippen LogP contribution in [-0.2, 0) is 0 Å². The van der Waals surface area contributed by atoms with E-state index in [2.05, 4.69) is 29.8 Å². The molecule has 0 atom stereocenters. The van der Waals surface area contributed by atoms with Gasteiger partial charge >= 0.3 is 0 Å². The largest absolute Gasteiger partial charge is 0.491 e. The van der Waals surface area contributed by atoms with E-state index >= 15 is 0 Å². The zero-order valence-corrected chi connectivity index (χ0v) is 11.3. The van der Waals surface area contributed by atoms with Crippen LogP contribution in [0, 0.1) is 5.92 Å². The molecule has 0 aliphatic heterocycles. The smallest absolute Gasteiger partial charge is 0.153 e. The van der Waals surface area contributed by atoms with Crippen molar-refractivity contribution in [2.24, 2.45) is 5.92 Å². The maximum absolute atomic E-state index is 10.9. The molecule has 0 radical (unpaired) electrons. The molecule has 1 rings (SSSR count). The normalized spacial score (nSPS) is 10.5. The van der Waals surface area contributed by atoms with Gasteiger partial charge in [0.1, 0.15) is 5.75 Å². The number of carbonyl (C=O) groups excluding carboxylic acids is 1. The third-order valence-electron chi connectivity index (χ3n) is 2.74. The van der Waals surface area contributed by atoms with Gasteiger partial charge in [-0.25, -0.2) is 0 Å². The van der Waals surface area contributed by atoms with Crippen molar-refractivity contribution in [2.45, 2.75) is 26.7 Å². The Bertz CT molecular complexity index is 346. The second kappa shape index (κ2) is 6.69. The summed E-state index contributed by atoms with van der Waals surface area (Å²) < 4.78 is 6.56. The highest BCUT2D eigenvalue weighted by atomic mass is 79.9. The Labute approximate surface area is 105 Å². The van der Waals surface area contributed by atoms with Crippen LogP contribution < -0.4 is 4.74 Å². The summed E-state index contributed by atoms with van der Waals surface area (Å²) in [5.41, 5.74) is 0.598. The Hall–Kier alpha value is -0.830. The van der Waals surface area contributed by atoms with Crippen LogP contribution in [-0.4, -0.2) is 12.9 Å². The van der Waals surface area contributed by atoms with E-state index in [4.69, 9.17) is 4.74 Å². The van der Waals surface area contributed by atoms with Crippen molar-refractivity contribution in [3.05, 3.63) is 28.2 Å². The molecule has 1 aromatic carbocycles. The zero-order chi connectivity index (χ0) is 12.0. The Morgan fingerprint density at radius 3 is 2.62 bits per heavy atom. The van der Waals surface area contributed by atoms with E-state index in [0.717, 1.165) is 23.6 Å². The Balaban J connectivity index is 2.76. The summed E-state index contributed by atoms with van der Waals surface area (Å²) in [7, 11) is 0. The maximum Gasteiger partial charge on any atom is 0.153 e. The van der Waals surface area contributed by atoms with Crippen molar-refractivity contribution in [3.63, 3.8) is 0 Å². The Kier molecular flexibility index (Phi) is 5.53. The lowest BCUT2D eigenvalue weighted by atomic mass is 10.1. The van der Waals surface area contributed by atoms with Crippen LogP contribution in [0.25, 0.3) is 0 Å². The van der Waals surface area contributed by atoms with Crippen LogP contribution in [0.15, 0.2) is 22.7 Å². The molecule has 0 saturated carbocycles. The molecule has 0 aliphatic carbocycles. The summed E-state index contributed by atoms with van der Waals surface area (Å²) in [4.78, 5) is 10.9. The first-order valence-corrected chi connectivity index (χ1v) is 6.38. The van der Waals surface area contributed by atoms with Crippen molar-refractivity contribution in [2.75, 3.05) is 6.61 Å². The van der Waals surface area contributed by atoms with Gasteiger partial charge in [0, 0.05) is 0 Å². The van der Waals surface area contributed by atoms with Gasteiger partial charge in [-0.15, -0.1) is 0 Å². The Morgan fingerprint density at radius 1 is 1.38 bits per heavy atom. The lowest BCUT2D eigenvalue weighted by Gasteiger charge is -2.15. The van der Waals surface area contributed by atoms with Crippen molar-refractivity contribution in [1.82, 2.24) is 0 Å². The SMILES string of the molecule is CCC(CC)COc1c(Br)cccc1C=O. The number of para-hydroxylation sites is 1. The molecule has 2 nitrogen and oxygen atoms in total. The van der Waals surface area contributed by atoms with E-state index in [1.54, 1.807) is 6.07 Å². The second-order valence-corrected chi connectivity index (χ2v) is 4.62. The molecule has 0 saturated heterocycles. The maximum atomic E-state index is 10.9. The molecule has 16 heavy (non-hydrogen) atoms. The molecule has 1 aromatic rings. The highest BCUT2D eigenvalue weighted by Crippen LogP contribution is 2.28. The summed E-state index contributed by atoms with van der Waals surface area (Å²) in [6.07, 6.45) is 3.02. The molecule has 0 aliphatic rings. The van der Waals surface area contributed by atoms with Crippen molar-refractivity contribution in [3.8, 4) is 5.75 Å². The molecule has 0 aromatic heterocycles. The number of carbonyl (C=O) groups is 1. The van der Waals surface area contributed by atoms with Gasteiger partial charge in [0.2, 0.25) is 0 Å². The van der Waals surface area contributed by atoms with Crippen LogP contribution in [0.4, 0.5) is 0 Å². The number of benzene rings is 1. The summed E-state index contributed by atoms with van der Waals surface area (Å²) in [5.74, 6) is 1.20. The molecule has 0 heterocycles. The van der Waals surface area contributed by atoms with Crippen LogP contribution in [0.1, 0.15) is 37.0 Å². The highest BCUT2D eigenvalue weighted by Gasteiger charge is 2.10. The molecule has 0 fully saturated rings. The van der Waals surface area contributed by atoms with E-state index < -0.39 is 0 Å². The molecular formula is C13H17BrO2. The van der Waals surface area contributed by atoms with E-state index in [1.165, 1.54) is 0 Å². The van der Waals surface area contributed by atoms with Crippen LogP contribution in [0.2, 0.25) is 0 Å². The minimum absolute atomic E-state index is 0.548. The molecule has 0 unspecified atom stereocenters. The number of hydrogen-bond donors (Lipinski definition) is 0. The molecule has 88 valence electrons. The van der Waals surface area contributed by atoms with Crippen LogP contribution in [0.3, 0.4) is 0 Å². The van der Waals surface area contributed by atoms with Crippen molar-refractivity contribution < 1.29 is 9.53 Å². The van der Waals surface area contributed by atoms with E-state index in [1.807, 2.05) is 12.1 Å². The lowest BCUT2D eigenvalue weighted by molar-refractivity contribution is 0.111. The third kappa shape index (κ3) is 3.34. The van der Waals surface area contributed by atoms with Gasteiger partial charge in [0.15, 0.2) is 6.29 Å². The average molecular weight is 285 g/mol. The lowest BCUT2D eigenvalue weighted by Crippen LogP contribution is -2.11. The van der Waals surface area contributed by atoms with E-state index in [0.29, 0.717) is 23.8 Å². The topological polar surface area (TPSA) is 26.3 Å². The summed E-state index contributed by atoms with van der Waals surface area (Å²) in [5, 5.41) is 0. The molecule has 0 N–H and O–H groups in total. The number of rotatable bonds is 6. The minimum atomic E-state index is 0.548. The number of halogens is 1. The van der Waals surface area contributed by atoms with Gasteiger partial charge in [-0.05, 0) is 34.0 Å². The first kappa shape index (κ1) is 13.2. The average Bonchev–Trinajstić information content (AvgIpc) is 2.31. The van der Waals surface area contributed by atoms with Gasteiger partial charge in [-0.3, -0.25) is 4.79 Å². The van der Waals surface area contributed by atoms with Gasteiger partial charge in [0.05, 0.1) is 16.6 Å². The van der Waals surface area contributed by atoms with Crippen molar-refractivity contribution >= 4 is 22.2 Å². The van der Waals surface area contributed by atoms with E-state index in [-0.39, 0.29) is 0 Å². The number of ether oxygens (including phenoxy) is 1. The number of aldehydes is 1. The van der Waals surface area contributed by atoms with E-state index in [9.17, 15) is 4.79 Å². The molecule has 0 bridgehead atoms. The number of hydrogen-bond acceptors (Lipinski definition) is 2. The zero-order valence-electron chi connectivity index (χ0n) is 9.70. The van der Waals surface area contributed by atoms with Gasteiger partial charge in [-0.2, -0.15) is 0 Å². The first-order chi connectivity index (χ1) is 7.72. The van der Waals surface area contributed by atoms with Crippen LogP contribution >= 0.6 is 15.9 Å². The minimum Gasteiger partial charge on any atom is -0.491 e.